The van der Waals surface area contributed by atoms with E-state index in [9.17, 15) is 28.0 Å². The van der Waals surface area contributed by atoms with Gasteiger partial charge in [0, 0.05) is 18.3 Å². The Hall–Kier alpha value is -3.21. The van der Waals surface area contributed by atoms with Crippen molar-refractivity contribution in [2.24, 2.45) is 0 Å². The number of hydrogen-bond acceptors (Lipinski definition) is 7. The molecule has 1 aromatic rings. The Kier molecular flexibility index (Phi) is 4.61. The van der Waals surface area contributed by atoms with Crippen LogP contribution in [0.3, 0.4) is 0 Å². The number of pyridine rings is 1. The van der Waals surface area contributed by atoms with Gasteiger partial charge in [-0.3, -0.25) is 19.2 Å². The number of fused-ring (bicyclic) bond motifs is 2. The van der Waals surface area contributed by atoms with Crippen LogP contribution in [0.4, 0.5) is 8.78 Å². The van der Waals surface area contributed by atoms with Crippen LogP contribution in [0.2, 0.25) is 0 Å². The zero-order valence-corrected chi connectivity index (χ0v) is 15.2. The maximum absolute atomic E-state index is 13.6. The molecule has 1 N–H and O–H groups in total. The van der Waals surface area contributed by atoms with Crippen LogP contribution >= 0.6 is 0 Å². The Morgan fingerprint density at radius 1 is 1.31 bits per heavy atom. The number of carbonyl (C=O) groups is 4. The first-order valence-corrected chi connectivity index (χ1v) is 8.87. The number of nitrogens with one attached hydrogen (secondary N) is 1. The van der Waals surface area contributed by atoms with E-state index in [2.05, 4.69) is 10.3 Å². The minimum atomic E-state index is -1.32. The average molecular weight is 406 g/mol. The minimum Gasteiger partial charge on any atom is -0.354 e. The van der Waals surface area contributed by atoms with Crippen molar-refractivity contribution in [2.45, 2.75) is 31.8 Å². The van der Waals surface area contributed by atoms with Crippen LogP contribution in [-0.2, 0) is 30.5 Å². The summed E-state index contributed by atoms with van der Waals surface area (Å²) in [5, 5.41) is 2.30. The van der Waals surface area contributed by atoms with Gasteiger partial charge in [0.05, 0.1) is 19.2 Å². The molecule has 0 spiro atoms. The summed E-state index contributed by atoms with van der Waals surface area (Å²) < 4.78 is 32.0. The van der Waals surface area contributed by atoms with Gasteiger partial charge in [0.25, 0.3) is 11.8 Å². The molecule has 3 aliphatic heterocycles. The monoisotopic (exact) mass is 406 g/mol. The van der Waals surface area contributed by atoms with Gasteiger partial charge >= 0.3 is 0 Å². The summed E-state index contributed by atoms with van der Waals surface area (Å²) in [4.78, 5) is 55.8. The van der Waals surface area contributed by atoms with Crippen LogP contribution in [0.1, 0.15) is 12.5 Å². The highest BCUT2D eigenvalue weighted by atomic mass is 19.1. The minimum absolute atomic E-state index is 0.0926. The largest absolute Gasteiger partial charge is 0.354 e. The molecule has 3 aliphatic rings. The van der Waals surface area contributed by atoms with Gasteiger partial charge in [-0.05, 0) is 19.1 Å². The van der Waals surface area contributed by atoms with Crippen molar-refractivity contribution in [3.8, 4) is 0 Å². The molecule has 29 heavy (non-hydrogen) atoms. The quantitative estimate of drug-likeness (QED) is 0.305. The molecule has 3 atom stereocenters. The molecule has 0 bridgehead atoms. The highest BCUT2D eigenvalue weighted by molar-refractivity contribution is 6.53. The Bertz CT molecular complexity index is 966. The van der Waals surface area contributed by atoms with Crippen LogP contribution in [0.15, 0.2) is 23.9 Å². The highest BCUT2D eigenvalue weighted by Gasteiger charge is 2.52. The first-order valence-electron chi connectivity index (χ1n) is 8.87. The lowest BCUT2D eigenvalue weighted by molar-refractivity contribution is -0.159. The first-order chi connectivity index (χ1) is 13.8. The summed E-state index contributed by atoms with van der Waals surface area (Å²) in [5.74, 6) is -5.66. The lowest BCUT2D eigenvalue weighted by Crippen LogP contribution is -2.65. The number of amides is 2. The third kappa shape index (κ3) is 3.16. The number of carbonyl (C=O) groups excluding carboxylic acids is 4. The standard InChI is InChI=1S/C18H16F2N4O5/c1-8-7-29-12-6-23-5-10(14(25)15(26)13(23)18(28)24(8)12)17(27)21-4-9-2-3-11(19)22-16(9)20/h2-3,5,8,12-13H,4,6-7H2,1H3,(H,21,27)/t8-,12+,13?/m0/s1. The molecular formula is C18H16F2N4O5. The molecule has 0 aromatic carbocycles. The summed E-state index contributed by atoms with van der Waals surface area (Å²) in [6.45, 7) is 1.86. The SMILES string of the molecule is C[C@H]1CO[C@@H]2CN3C=C(C(=O)NCc4ccc(F)nc4F)C(=O)C(=O)C3C(=O)N12. The third-order valence-corrected chi connectivity index (χ3v) is 5.09. The van der Waals surface area contributed by atoms with Gasteiger partial charge in [-0.2, -0.15) is 13.8 Å². The van der Waals surface area contributed by atoms with Crippen molar-refractivity contribution in [2.75, 3.05) is 13.2 Å². The number of aromatic nitrogens is 1. The van der Waals surface area contributed by atoms with Gasteiger partial charge in [0.2, 0.25) is 23.5 Å². The van der Waals surface area contributed by atoms with Crippen LogP contribution in [0.25, 0.3) is 0 Å². The number of Topliss-reactive ketones (excluding diaryl/α,β-unsaturated/α-hetero) is 2. The predicted molar refractivity (Wildman–Crippen MR) is 90.6 cm³/mol. The molecule has 4 rings (SSSR count). The molecule has 0 saturated carbocycles. The zero-order chi connectivity index (χ0) is 20.9. The molecule has 11 heteroatoms. The van der Waals surface area contributed by atoms with Gasteiger partial charge < -0.3 is 19.9 Å². The van der Waals surface area contributed by atoms with Crippen molar-refractivity contribution < 1.29 is 32.7 Å². The Balaban J connectivity index is 1.53. The number of halogens is 2. The topological polar surface area (TPSA) is 109 Å². The van der Waals surface area contributed by atoms with Crippen molar-refractivity contribution >= 4 is 23.4 Å². The number of rotatable bonds is 3. The van der Waals surface area contributed by atoms with E-state index in [1.165, 1.54) is 9.80 Å². The van der Waals surface area contributed by atoms with E-state index >= 15 is 0 Å². The van der Waals surface area contributed by atoms with E-state index in [4.69, 9.17) is 4.74 Å². The van der Waals surface area contributed by atoms with Gasteiger partial charge in [-0.1, -0.05) is 0 Å². The fraction of sp³-hybridized carbons (Fsp3) is 0.389. The Morgan fingerprint density at radius 2 is 2.07 bits per heavy atom. The van der Waals surface area contributed by atoms with Crippen LogP contribution in [-0.4, -0.2) is 69.6 Å². The van der Waals surface area contributed by atoms with Gasteiger partial charge in [0.1, 0.15) is 11.8 Å². The summed E-state index contributed by atoms with van der Waals surface area (Å²) in [6, 6.07) is 0.494. The Labute approximate surface area is 163 Å². The molecule has 0 radical (unpaired) electrons. The van der Waals surface area contributed by atoms with Crippen LogP contribution in [0, 0.1) is 11.9 Å². The van der Waals surface area contributed by atoms with E-state index in [1.54, 1.807) is 6.92 Å². The molecule has 9 nitrogen and oxygen atoms in total. The van der Waals surface area contributed by atoms with Crippen LogP contribution in [0.5, 0.6) is 0 Å². The molecular weight excluding hydrogens is 390 g/mol. The first kappa shape index (κ1) is 19.1. The van der Waals surface area contributed by atoms with E-state index in [0.717, 1.165) is 18.3 Å². The highest BCUT2D eigenvalue weighted by Crippen LogP contribution is 2.29. The summed E-state index contributed by atoms with van der Waals surface area (Å²) in [6.07, 6.45) is 0.583. The molecule has 0 aliphatic carbocycles. The summed E-state index contributed by atoms with van der Waals surface area (Å²) in [5.41, 5.74) is -0.557. The van der Waals surface area contributed by atoms with Crippen molar-refractivity contribution in [3.05, 3.63) is 41.4 Å². The van der Waals surface area contributed by atoms with Gasteiger partial charge in [-0.15, -0.1) is 0 Å². The second-order valence-electron chi connectivity index (χ2n) is 6.98. The third-order valence-electron chi connectivity index (χ3n) is 5.09. The molecule has 1 aromatic heterocycles. The summed E-state index contributed by atoms with van der Waals surface area (Å²) >= 11 is 0. The second kappa shape index (κ2) is 6.99. The molecule has 2 amide bonds. The van der Waals surface area contributed by atoms with Crippen molar-refractivity contribution in [1.29, 1.82) is 0 Å². The molecule has 1 unspecified atom stereocenters. The molecule has 2 fully saturated rings. The van der Waals surface area contributed by atoms with E-state index < -0.39 is 53.1 Å². The Morgan fingerprint density at radius 3 is 2.79 bits per heavy atom. The van der Waals surface area contributed by atoms with Crippen LogP contribution < -0.4 is 5.32 Å². The smallest absolute Gasteiger partial charge is 0.257 e. The van der Waals surface area contributed by atoms with Gasteiger partial charge in [-0.25, -0.2) is 0 Å². The second-order valence-corrected chi connectivity index (χ2v) is 6.98. The molecule has 152 valence electrons. The lowest BCUT2D eigenvalue weighted by Gasteiger charge is -2.43. The maximum Gasteiger partial charge on any atom is 0.257 e. The number of ketones is 2. The predicted octanol–water partition coefficient (Wildman–Crippen LogP) is -0.731. The van der Waals surface area contributed by atoms with E-state index in [1.807, 2.05) is 0 Å². The normalized spacial score (nSPS) is 26.2. The number of piperazine rings is 1. The lowest BCUT2D eigenvalue weighted by atomic mass is 9.93. The summed E-state index contributed by atoms with van der Waals surface area (Å²) in [7, 11) is 0. The number of nitrogens with zero attached hydrogens (tertiary/aromatic N) is 3. The average Bonchev–Trinajstić information content (AvgIpc) is 3.04. The van der Waals surface area contributed by atoms with Crippen molar-refractivity contribution in [3.63, 3.8) is 0 Å². The van der Waals surface area contributed by atoms with E-state index in [-0.39, 0.29) is 24.7 Å². The molecule has 4 heterocycles. The van der Waals surface area contributed by atoms with Gasteiger partial charge in [0.15, 0.2) is 6.04 Å². The number of ether oxygens (including phenoxy) is 1. The van der Waals surface area contributed by atoms with E-state index in [0.29, 0.717) is 6.61 Å². The maximum atomic E-state index is 13.6. The fourth-order valence-corrected chi connectivity index (χ4v) is 3.64. The van der Waals surface area contributed by atoms with Crippen molar-refractivity contribution in [1.82, 2.24) is 20.1 Å². The zero-order valence-electron chi connectivity index (χ0n) is 15.2. The fourth-order valence-electron chi connectivity index (χ4n) is 3.64. The number of hydrogen-bond donors (Lipinski definition) is 1. The molecule has 2 saturated heterocycles.